The van der Waals surface area contributed by atoms with Crippen molar-refractivity contribution in [2.75, 3.05) is 17.2 Å². The van der Waals surface area contributed by atoms with E-state index in [1.165, 1.54) is 37.7 Å². The molecule has 35 heavy (non-hydrogen) atoms. The maximum absolute atomic E-state index is 12.2. The molecule has 2 aromatic carbocycles. The predicted octanol–water partition coefficient (Wildman–Crippen LogP) is 5.51. The second kappa shape index (κ2) is 11.0. The molecule has 1 aliphatic rings. The van der Waals surface area contributed by atoms with Crippen LogP contribution in [0.25, 0.3) is 10.9 Å². The van der Waals surface area contributed by atoms with E-state index in [9.17, 15) is 4.79 Å². The summed E-state index contributed by atoms with van der Waals surface area (Å²) < 4.78 is 5.50. The van der Waals surface area contributed by atoms with Gasteiger partial charge in [-0.1, -0.05) is 49.6 Å². The number of hydrogen-bond donors (Lipinski definition) is 3. The Morgan fingerprint density at radius 1 is 0.971 bits per heavy atom. The molecule has 180 valence electrons. The Kier molecular flexibility index (Phi) is 7.22. The zero-order chi connectivity index (χ0) is 23.9. The van der Waals surface area contributed by atoms with E-state index >= 15 is 0 Å². The molecule has 0 radical (unpaired) electrons. The van der Waals surface area contributed by atoms with Gasteiger partial charge in [-0.2, -0.15) is 5.10 Å². The van der Waals surface area contributed by atoms with Gasteiger partial charge in [-0.3, -0.25) is 9.89 Å². The number of ether oxygens (including phenoxy) is 1. The Balaban J connectivity index is 1.17. The third-order valence-corrected chi connectivity index (χ3v) is 6.50. The van der Waals surface area contributed by atoms with Crippen molar-refractivity contribution in [3.05, 3.63) is 78.1 Å². The number of pyridine rings is 1. The standard InChI is InChI=1S/C28H31N5O2/c34-26(19-35-23-9-5-2-6-10-23)30-22-14-11-20(12-15-22)13-16-24-27-25(33-32-24)17-18-29-28(27)31-21-7-3-1-4-8-21/h2,5-6,9-12,14-15,17-18,21H,1,3-4,7-8,13,16,19H2,(H,29,31)(H,30,34)(H,32,33). The summed E-state index contributed by atoms with van der Waals surface area (Å²) in [4.78, 5) is 16.8. The normalized spacial score (nSPS) is 14.1. The van der Waals surface area contributed by atoms with Gasteiger partial charge < -0.3 is 15.4 Å². The number of aromatic nitrogens is 3. The SMILES string of the molecule is O=C(COc1ccccc1)Nc1ccc(CCc2[nH]nc3ccnc(NC4CCCCC4)c23)cc1. The van der Waals surface area contributed by atoms with Gasteiger partial charge in [0.25, 0.3) is 5.91 Å². The predicted molar refractivity (Wildman–Crippen MR) is 139 cm³/mol. The highest BCUT2D eigenvalue weighted by Gasteiger charge is 2.17. The van der Waals surface area contributed by atoms with Gasteiger partial charge in [0.2, 0.25) is 0 Å². The van der Waals surface area contributed by atoms with E-state index in [1.807, 2.05) is 66.9 Å². The molecule has 1 fully saturated rings. The van der Waals surface area contributed by atoms with Gasteiger partial charge in [0, 0.05) is 23.6 Å². The largest absolute Gasteiger partial charge is 0.484 e. The first kappa shape index (κ1) is 22.9. The number of nitrogens with zero attached hydrogens (tertiary/aromatic N) is 2. The Morgan fingerprint density at radius 2 is 1.77 bits per heavy atom. The van der Waals surface area contributed by atoms with Crippen LogP contribution in [0.15, 0.2) is 66.9 Å². The number of carbonyl (C=O) groups excluding carboxylic acids is 1. The summed E-state index contributed by atoms with van der Waals surface area (Å²) in [6.45, 7) is -0.0239. The molecule has 2 heterocycles. The molecule has 1 amide bonds. The third kappa shape index (κ3) is 5.98. The second-order valence-electron chi connectivity index (χ2n) is 9.08. The number of carbonyl (C=O) groups is 1. The van der Waals surface area contributed by atoms with E-state index < -0.39 is 0 Å². The average Bonchev–Trinajstić information content (AvgIpc) is 3.32. The maximum Gasteiger partial charge on any atom is 0.262 e. The van der Waals surface area contributed by atoms with E-state index in [2.05, 4.69) is 25.8 Å². The van der Waals surface area contributed by atoms with Crippen LogP contribution in [0.2, 0.25) is 0 Å². The zero-order valence-electron chi connectivity index (χ0n) is 19.8. The molecule has 5 rings (SSSR count). The maximum atomic E-state index is 12.2. The smallest absolute Gasteiger partial charge is 0.262 e. The van der Waals surface area contributed by atoms with E-state index in [0.29, 0.717) is 11.8 Å². The minimum absolute atomic E-state index is 0.0239. The van der Waals surface area contributed by atoms with Crippen LogP contribution in [0.1, 0.15) is 43.4 Å². The first-order valence-electron chi connectivity index (χ1n) is 12.4. The second-order valence-corrected chi connectivity index (χ2v) is 9.08. The molecule has 3 N–H and O–H groups in total. The summed E-state index contributed by atoms with van der Waals surface area (Å²) in [5.74, 6) is 1.43. The van der Waals surface area contributed by atoms with Crippen LogP contribution in [0.5, 0.6) is 5.75 Å². The molecule has 1 saturated carbocycles. The average molecular weight is 470 g/mol. The monoisotopic (exact) mass is 469 g/mol. The van der Waals surface area contributed by atoms with Crippen molar-refractivity contribution in [2.24, 2.45) is 0 Å². The van der Waals surface area contributed by atoms with E-state index in [0.717, 1.165) is 40.9 Å². The Bertz CT molecular complexity index is 1250. The minimum Gasteiger partial charge on any atom is -0.484 e. The highest BCUT2D eigenvalue weighted by atomic mass is 16.5. The summed E-state index contributed by atoms with van der Waals surface area (Å²) >= 11 is 0. The van der Waals surface area contributed by atoms with Crippen molar-refractivity contribution in [1.82, 2.24) is 15.2 Å². The van der Waals surface area contributed by atoms with Crippen molar-refractivity contribution >= 4 is 28.3 Å². The van der Waals surface area contributed by atoms with Gasteiger partial charge in [0.05, 0.1) is 10.9 Å². The fourth-order valence-corrected chi connectivity index (χ4v) is 4.64. The van der Waals surface area contributed by atoms with Gasteiger partial charge in [0.1, 0.15) is 11.6 Å². The molecule has 1 aliphatic carbocycles. The Morgan fingerprint density at radius 3 is 2.57 bits per heavy atom. The summed E-state index contributed by atoms with van der Waals surface area (Å²) in [5, 5.41) is 15.4. The summed E-state index contributed by atoms with van der Waals surface area (Å²) in [5.41, 5.74) is 3.99. The van der Waals surface area contributed by atoms with Crippen molar-refractivity contribution in [1.29, 1.82) is 0 Å². The number of aromatic amines is 1. The number of anilines is 2. The van der Waals surface area contributed by atoms with Gasteiger partial charge in [-0.25, -0.2) is 4.98 Å². The van der Waals surface area contributed by atoms with E-state index in [4.69, 9.17) is 4.74 Å². The molecule has 0 aliphatic heterocycles. The lowest BCUT2D eigenvalue weighted by atomic mass is 9.95. The molecule has 7 heteroatoms. The molecule has 0 bridgehead atoms. The zero-order valence-corrected chi connectivity index (χ0v) is 19.8. The summed E-state index contributed by atoms with van der Waals surface area (Å²) in [6, 6.07) is 19.7. The number of hydrogen-bond acceptors (Lipinski definition) is 5. The molecule has 4 aromatic rings. The first-order chi connectivity index (χ1) is 17.2. The fraction of sp³-hybridized carbons (Fsp3) is 0.321. The quantitative estimate of drug-likeness (QED) is 0.301. The van der Waals surface area contributed by atoms with Crippen LogP contribution in [0, 0.1) is 0 Å². The van der Waals surface area contributed by atoms with Gasteiger partial charge in [-0.05, 0) is 61.6 Å². The van der Waals surface area contributed by atoms with Crippen LogP contribution in [-0.2, 0) is 17.6 Å². The molecular weight excluding hydrogens is 438 g/mol. The van der Waals surface area contributed by atoms with Crippen LogP contribution < -0.4 is 15.4 Å². The molecule has 7 nitrogen and oxygen atoms in total. The summed E-state index contributed by atoms with van der Waals surface area (Å²) in [7, 11) is 0. The molecule has 0 unspecified atom stereocenters. The number of H-pyrrole nitrogens is 1. The summed E-state index contributed by atoms with van der Waals surface area (Å²) in [6.07, 6.45) is 9.81. The van der Waals surface area contributed by atoms with Crippen LogP contribution in [0.4, 0.5) is 11.5 Å². The first-order valence-corrected chi connectivity index (χ1v) is 12.4. The Hall–Kier alpha value is -3.87. The van der Waals surface area contributed by atoms with Crippen LogP contribution in [-0.4, -0.2) is 33.7 Å². The van der Waals surface area contributed by atoms with Gasteiger partial charge >= 0.3 is 0 Å². The molecule has 0 atom stereocenters. The molecule has 0 spiro atoms. The number of para-hydroxylation sites is 1. The highest BCUT2D eigenvalue weighted by Crippen LogP contribution is 2.28. The molecular formula is C28H31N5O2. The number of rotatable bonds is 9. The topological polar surface area (TPSA) is 91.9 Å². The van der Waals surface area contributed by atoms with Gasteiger partial charge in [0.15, 0.2) is 6.61 Å². The lowest BCUT2D eigenvalue weighted by molar-refractivity contribution is -0.118. The molecule has 0 saturated heterocycles. The number of aryl methyl sites for hydroxylation is 2. The minimum atomic E-state index is -0.184. The van der Waals surface area contributed by atoms with Gasteiger partial charge in [-0.15, -0.1) is 0 Å². The van der Waals surface area contributed by atoms with Crippen molar-refractivity contribution in [2.45, 2.75) is 51.0 Å². The van der Waals surface area contributed by atoms with Crippen molar-refractivity contribution < 1.29 is 9.53 Å². The number of benzene rings is 2. The van der Waals surface area contributed by atoms with Crippen LogP contribution >= 0.6 is 0 Å². The van der Waals surface area contributed by atoms with E-state index in [-0.39, 0.29) is 12.5 Å². The van der Waals surface area contributed by atoms with Crippen molar-refractivity contribution in [3.8, 4) is 5.75 Å². The lowest BCUT2D eigenvalue weighted by Gasteiger charge is -2.23. The lowest BCUT2D eigenvalue weighted by Crippen LogP contribution is -2.23. The number of nitrogens with one attached hydrogen (secondary N) is 3. The number of fused-ring (bicyclic) bond motifs is 1. The Labute approximate surface area is 205 Å². The van der Waals surface area contributed by atoms with Crippen molar-refractivity contribution in [3.63, 3.8) is 0 Å². The van der Waals surface area contributed by atoms with Crippen LogP contribution in [0.3, 0.4) is 0 Å². The fourth-order valence-electron chi connectivity index (χ4n) is 4.64. The number of amides is 1. The third-order valence-electron chi connectivity index (χ3n) is 6.50. The highest BCUT2D eigenvalue weighted by molar-refractivity contribution is 5.92. The van der Waals surface area contributed by atoms with E-state index in [1.54, 1.807) is 0 Å². The molecule has 2 aromatic heterocycles.